The minimum absolute atomic E-state index is 1.35. The molecular formula is C15H34IP. The van der Waals surface area contributed by atoms with Gasteiger partial charge >= 0.3 is 124 Å². The second-order valence-corrected chi connectivity index (χ2v) is 19.4. The molecule has 0 heterocycles. The first-order valence-electron chi connectivity index (χ1n) is 7.76. The van der Waals surface area contributed by atoms with Gasteiger partial charge in [0.25, 0.3) is 0 Å². The van der Waals surface area contributed by atoms with Crippen LogP contribution in [0.2, 0.25) is 0 Å². The monoisotopic (exact) mass is 372 g/mol. The van der Waals surface area contributed by atoms with Gasteiger partial charge in [-0.2, -0.15) is 0 Å². The number of unbranched alkanes of at least 4 members (excludes halogenated alkanes) is 3. The second-order valence-electron chi connectivity index (χ2n) is 5.77. The maximum absolute atomic E-state index is 2.99. The molecule has 0 atom stereocenters. The van der Waals surface area contributed by atoms with Crippen molar-refractivity contribution in [2.75, 3.05) is 24.6 Å². The fourth-order valence-corrected chi connectivity index (χ4v) is 14.4. The van der Waals surface area contributed by atoms with Crippen LogP contribution in [-0.4, -0.2) is 24.6 Å². The van der Waals surface area contributed by atoms with E-state index in [4.69, 9.17) is 0 Å². The molecule has 0 fully saturated rings. The normalized spacial score (nSPS) is 14.5. The molecule has 0 aliphatic carbocycles. The molecule has 0 radical (unpaired) electrons. The molecule has 0 aliphatic rings. The summed E-state index contributed by atoms with van der Waals surface area (Å²) in [7, 11) is 0. The Labute approximate surface area is 123 Å². The van der Waals surface area contributed by atoms with E-state index in [0.29, 0.717) is 0 Å². The predicted octanol–water partition coefficient (Wildman–Crippen LogP) is 6.70. The van der Waals surface area contributed by atoms with Gasteiger partial charge in [0.15, 0.2) is 0 Å². The van der Waals surface area contributed by atoms with Crippen LogP contribution in [-0.2, 0) is 0 Å². The average Bonchev–Trinajstić information content (AvgIpc) is 2.26. The van der Waals surface area contributed by atoms with E-state index in [-0.39, 0.29) is 0 Å². The topological polar surface area (TPSA) is 0 Å². The quantitative estimate of drug-likeness (QED) is 0.215. The first kappa shape index (κ1) is 18.2. The van der Waals surface area contributed by atoms with Crippen LogP contribution in [0.15, 0.2) is 0 Å². The SMILES string of the molecule is CCCCCCP(I)(CCC)(CCC)CCC. The Bertz CT molecular complexity index is 172. The van der Waals surface area contributed by atoms with Crippen LogP contribution in [0.1, 0.15) is 72.6 Å². The van der Waals surface area contributed by atoms with Crippen LogP contribution in [0.5, 0.6) is 0 Å². The molecule has 0 bridgehead atoms. The summed E-state index contributed by atoms with van der Waals surface area (Å²) in [5.74, 6) is 0. The molecule has 0 aliphatic heterocycles. The number of hydrogen-bond acceptors (Lipinski definition) is 0. The van der Waals surface area contributed by atoms with Gasteiger partial charge in [-0.05, 0) is 0 Å². The van der Waals surface area contributed by atoms with Crippen molar-refractivity contribution >= 4 is 26.3 Å². The first-order chi connectivity index (χ1) is 8.04. The Hall–Kier alpha value is 1.16. The van der Waals surface area contributed by atoms with Crippen LogP contribution in [0.4, 0.5) is 0 Å². The molecule has 0 unspecified atom stereocenters. The van der Waals surface area contributed by atoms with Gasteiger partial charge < -0.3 is 0 Å². The zero-order valence-corrected chi connectivity index (χ0v) is 15.7. The molecule has 0 saturated carbocycles. The van der Waals surface area contributed by atoms with Crippen molar-refractivity contribution in [2.45, 2.75) is 72.6 Å². The second kappa shape index (κ2) is 9.13. The third-order valence-electron chi connectivity index (χ3n) is 3.92. The fraction of sp³-hybridized carbons (Fsp3) is 1.00. The molecule has 0 rings (SSSR count). The van der Waals surface area contributed by atoms with Gasteiger partial charge in [0.05, 0.1) is 0 Å². The Balaban J connectivity index is 4.53. The van der Waals surface area contributed by atoms with Gasteiger partial charge in [0.1, 0.15) is 0 Å². The molecule has 0 N–H and O–H groups in total. The van der Waals surface area contributed by atoms with E-state index in [2.05, 4.69) is 49.7 Å². The zero-order valence-electron chi connectivity index (χ0n) is 12.6. The van der Waals surface area contributed by atoms with Crippen molar-refractivity contribution < 1.29 is 0 Å². The van der Waals surface area contributed by atoms with Crippen LogP contribution >= 0.6 is 26.3 Å². The third kappa shape index (κ3) is 6.76. The van der Waals surface area contributed by atoms with E-state index >= 15 is 0 Å². The Morgan fingerprint density at radius 2 is 1.06 bits per heavy atom. The number of hydrogen-bond donors (Lipinski definition) is 0. The molecule has 0 nitrogen and oxygen atoms in total. The van der Waals surface area contributed by atoms with Crippen LogP contribution < -0.4 is 0 Å². The molecule has 0 amide bonds. The summed E-state index contributed by atoms with van der Waals surface area (Å²) in [6, 6.07) is 0. The molecule has 0 aromatic rings. The van der Waals surface area contributed by atoms with Crippen molar-refractivity contribution in [3.05, 3.63) is 0 Å². The molecule has 106 valence electrons. The predicted molar refractivity (Wildman–Crippen MR) is 95.4 cm³/mol. The summed E-state index contributed by atoms with van der Waals surface area (Å²) in [6.45, 7) is 9.47. The van der Waals surface area contributed by atoms with Gasteiger partial charge in [-0.3, -0.25) is 0 Å². The van der Waals surface area contributed by atoms with Crippen molar-refractivity contribution in [3.63, 3.8) is 0 Å². The van der Waals surface area contributed by atoms with Crippen LogP contribution in [0, 0.1) is 0 Å². The summed E-state index contributed by atoms with van der Waals surface area (Å²) in [4.78, 5) is 0. The summed E-state index contributed by atoms with van der Waals surface area (Å²) < 4.78 is -1.35. The van der Waals surface area contributed by atoms with Crippen LogP contribution in [0.3, 0.4) is 0 Å². The number of rotatable bonds is 11. The van der Waals surface area contributed by atoms with Gasteiger partial charge in [0, 0.05) is 0 Å². The average molecular weight is 372 g/mol. The van der Waals surface area contributed by atoms with Gasteiger partial charge in [-0.25, -0.2) is 0 Å². The van der Waals surface area contributed by atoms with E-state index in [1.54, 1.807) is 24.6 Å². The molecule has 0 spiro atoms. The Morgan fingerprint density at radius 3 is 1.41 bits per heavy atom. The molecule has 17 heavy (non-hydrogen) atoms. The Kier molecular flexibility index (Phi) is 9.75. The molecule has 0 saturated heterocycles. The molecule has 0 aromatic heterocycles. The summed E-state index contributed by atoms with van der Waals surface area (Å²) in [5, 5.41) is 0. The van der Waals surface area contributed by atoms with Crippen molar-refractivity contribution in [1.29, 1.82) is 0 Å². The van der Waals surface area contributed by atoms with E-state index < -0.39 is 4.25 Å². The number of halogens is 1. The summed E-state index contributed by atoms with van der Waals surface area (Å²) >= 11 is 2.99. The molecule has 0 aromatic carbocycles. The zero-order chi connectivity index (χ0) is 13.2. The van der Waals surface area contributed by atoms with E-state index in [0.717, 1.165) is 0 Å². The summed E-state index contributed by atoms with van der Waals surface area (Å²) in [6.07, 6.45) is 16.2. The van der Waals surface area contributed by atoms with Crippen molar-refractivity contribution in [1.82, 2.24) is 0 Å². The van der Waals surface area contributed by atoms with Crippen molar-refractivity contribution in [3.8, 4) is 0 Å². The minimum atomic E-state index is -1.35. The molecular weight excluding hydrogens is 338 g/mol. The third-order valence-corrected chi connectivity index (χ3v) is 15.8. The van der Waals surface area contributed by atoms with E-state index in [1.807, 2.05) is 0 Å². The molecule has 2 heteroatoms. The van der Waals surface area contributed by atoms with E-state index in [9.17, 15) is 0 Å². The first-order valence-corrected chi connectivity index (χ1v) is 13.5. The van der Waals surface area contributed by atoms with E-state index in [1.165, 1.54) is 44.9 Å². The standard InChI is InChI=1S/C15H34IP/c1-5-9-10-11-15-17(16,12-6-2,13-7-3)14-8-4/h5-15H2,1-4H3. The van der Waals surface area contributed by atoms with Gasteiger partial charge in [-0.1, -0.05) is 0 Å². The maximum atomic E-state index is 2.99. The van der Waals surface area contributed by atoms with Crippen LogP contribution in [0.25, 0.3) is 0 Å². The van der Waals surface area contributed by atoms with Gasteiger partial charge in [0.2, 0.25) is 0 Å². The Morgan fingerprint density at radius 1 is 0.588 bits per heavy atom. The van der Waals surface area contributed by atoms with Gasteiger partial charge in [-0.15, -0.1) is 0 Å². The summed E-state index contributed by atoms with van der Waals surface area (Å²) in [5.41, 5.74) is 0. The fourth-order valence-electron chi connectivity index (χ4n) is 3.28. The van der Waals surface area contributed by atoms with Crippen molar-refractivity contribution in [2.24, 2.45) is 0 Å².